The average molecular weight is 381 g/mol. The van der Waals surface area contributed by atoms with Gasteiger partial charge < -0.3 is 25.5 Å². The van der Waals surface area contributed by atoms with Crippen molar-refractivity contribution in [1.29, 1.82) is 0 Å². The topological polar surface area (TPSA) is 152 Å². The lowest BCUT2D eigenvalue weighted by atomic mass is 10.5. The van der Waals surface area contributed by atoms with Gasteiger partial charge in [0.15, 0.2) is 0 Å². The summed E-state index contributed by atoms with van der Waals surface area (Å²) in [4.78, 5) is 28.7. The maximum absolute atomic E-state index is 9.55. The molecule has 0 amide bonds. The van der Waals surface area contributed by atoms with Gasteiger partial charge in [-0.25, -0.2) is 0 Å². The zero-order valence-corrected chi connectivity index (χ0v) is 14.6. The van der Waals surface area contributed by atoms with Crippen LogP contribution in [0.2, 0.25) is 0 Å². The Labute approximate surface area is 145 Å². The van der Waals surface area contributed by atoms with Crippen molar-refractivity contribution < 1.29 is 39.9 Å². The second kappa shape index (κ2) is 28.5. The highest BCUT2D eigenvalue weighted by atomic mass is 32.1. The molecule has 0 aliphatic carbocycles. The summed E-state index contributed by atoms with van der Waals surface area (Å²) in [6.07, 6.45) is 0.468. The van der Waals surface area contributed by atoms with Gasteiger partial charge in [0, 0.05) is 17.3 Å². The average Bonchev–Trinajstić information content (AvgIpc) is 2.40. The Morgan fingerprint density at radius 3 is 0.773 bits per heavy atom. The van der Waals surface area contributed by atoms with Crippen molar-refractivity contribution in [2.75, 3.05) is 30.5 Å². The molecule has 22 heavy (non-hydrogen) atoms. The Hall–Kier alpha value is -0.620. The Bertz CT molecular complexity index is 224. The summed E-state index contributed by atoms with van der Waals surface area (Å²) in [5, 5.41) is 38.8. The van der Waals surface area contributed by atoms with Crippen molar-refractivity contribution in [2.24, 2.45) is 0 Å². The van der Waals surface area contributed by atoms with Crippen LogP contribution in [0.15, 0.2) is 0 Å². The normalized spacial score (nSPS) is 8.05. The lowest BCUT2D eigenvalue weighted by molar-refractivity contribution is -0.137. The van der Waals surface area contributed by atoms with Crippen LogP contribution in [0, 0.1) is 0 Å². The Morgan fingerprint density at radius 1 is 0.591 bits per heavy atom. The Morgan fingerprint density at radius 2 is 0.773 bits per heavy atom. The molecule has 0 fully saturated rings. The summed E-state index contributed by atoms with van der Waals surface area (Å²) < 4.78 is 0. The monoisotopic (exact) mass is 380 g/mol. The van der Waals surface area contributed by atoms with Crippen LogP contribution in [0.3, 0.4) is 0 Å². The van der Waals surface area contributed by atoms with Crippen LogP contribution in [0.4, 0.5) is 0 Å². The van der Waals surface area contributed by atoms with Crippen LogP contribution in [0.1, 0.15) is 19.3 Å². The largest absolute Gasteiger partial charge is 0.481 e. The molecular formula is C11H24O8S3. The van der Waals surface area contributed by atoms with Gasteiger partial charge in [0.25, 0.3) is 0 Å². The van der Waals surface area contributed by atoms with Crippen molar-refractivity contribution in [3.63, 3.8) is 0 Å². The third-order valence-electron chi connectivity index (χ3n) is 1.08. The van der Waals surface area contributed by atoms with Crippen molar-refractivity contribution in [2.45, 2.75) is 19.3 Å². The molecule has 0 spiro atoms. The third-order valence-corrected chi connectivity index (χ3v) is 1.75. The Kier molecular flexibility index (Phi) is 38.1. The fraction of sp³-hybridized carbons (Fsp3) is 0.727. The van der Waals surface area contributed by atoms with Gasteiger partial charge in [-0.2, -0.15) is 37.9 Å². The third kappa shape index (κ3) is 74.4. The van der Waals surface area contributed by atoms with E-state index in [4.69, 9.17) is 25.5 Å². The van der Waals surface area contributed by atoms with E-state index >= 15 is 0 Å². The number of aliphatic carboxylic acids is 3. The highest BCUT2D eigenvalue weighted by Gasteiger charge is 1.89. The van der Waals surface area contributed by atoms with Gasteiger partial charge in [-0.3, -0.25) is 14.4 Å². The molecule has 0 aromatic heterocycles. The van der Waals surface area contributed by atoms with Gasteiger partial charge >= 0.3 is 17.9 Å². The van der Waals surface area contributed by atoms with Crippen LogP contribution >= 0.6 is 37.9 Å². The molecule has 134 valence electrons. The molecule has 0 aromatic rings. The zero-order valence-electron chi connectivity index (χ0n) is 12.0. The molecule has 0 rings (SSSR count). The van der Waals surface area contributed by atoms with Gasteiger partial charge in [-0.15, -0.1) is 0 Å². The van der Waals surface area contributed by atoms with E-state index in [0.717, 1.165) is 0 Å². The highest BCUT2D eigenvalue weighted by molar-refractivity contribution is 7.80. The molecule has 5 N–H and O–H groups in total. The summed E-state index contributed by atoms with van der Waals surface area (Å²) >= 11 is 11.0. The molecule has 11 heteroatoms. The number of carboxylic acids is 3. The van der Waals surface area contributed by atoms with Crippen LogP contribution in [0.5, 0.6) is 0 Å². The number of aliphatic hydroxyl groups excluding tert-OH is 2. The first-order valence-electron chi connectivity index (χ1n) is 5.92. The molecule has 0 atom stereocenters. The number of carboxylic acid groups (broad SMARTS) is 3. The second-order valence-electron chi connectivity index (χ2n) is 3.05. The van der Waals surface area contributed by atoms with Crippen molar-refractivity contribution >= 4 is 55.8 Å². The number of carbonyl (C=O) groups is 3. The highest BCUT2D eigenvalue weighted by Crippen LogP contribution is 1.80. The Balaban J connectivity index is -0.0000000994. The van der Waals surface area contributed by atoms with Crippen molar-refractivity contribution in [3.8, 4) is 0 Å². The minimum absolute atomic E-state index is 0.125. The summed E-state index contributed by atoms with van der Waals surface area (Å²) in [6, 6.07) is 0. The van der Waals surface area contributed by atoms with Gasteiger partial charge in [-0.1, -0.05) is 0 Å². The minimum Gasteiger partial charge on any atom is -0.481 e. The number of thiol groups is 3. The van der Waals surface area contributed by atoms with E-state index in [9.17, 15) is 14.4 Å². The fourth-order valence-corrected chi connectivity index (χ4v) is 0.861. The first-order chi connectivity index (χ1) is 10.2. The standard InChI is InChI=1S/3C3H6O2S.C2H6O2/c3*4-3(5)1-2-6;3-1-2-4/h3*6H,1-2H2,(H,4,5);3-4H,1-2H2. The summed E-state index contributed by atoms with van der Waals surface area (Å²) in [6.45, 7) is -0.250. The van der Waals surface area contributed by atoms with E-state index in [-0.39, 0.29) is 32.5 Å². The van der Waals surface area contributed by atoms with Crippen LogP contribution in [-0.4, -0.2) is 73.9 Å². The van der Waals surface area contributed by atoms with Crippen LogP contribution in [-0.2, 0) is 14.4 Å². The van der Waals surface area contributed by atoms with E-state index in [1.54, 1.807) is 0 Å². The summed E-state index contributed by atoms with van der Waals surface area (Å²) in [7, 11) is 0. The first kappa shape index (κ1) is 29.4. The molecule has 0 bridgehead atoms. The molecule has 0 aromatic carbocycles. The zero-order chi connectivity index (χ0) is 18.4. The lowest BCUT2D eigenvalue weighted by Crippen LogP contribution is -1.93. The lowest BCUT2D eigenvalue weighted by Gasteiger charge is -1.79. The predicted molar refractivity (Wildman–Crippen MR) is 92.5 cm³/mol. The van der Waals surface area contributed by atoms with Crippen LogP contribution < -0.4 is 0 Å². The van der Waals surface area contributed by atoms with Gasteiger partial charge in [-0.05, 0) is 0 Å². The van der Waals surface area contributed by atoms with Gasteiger partial charge in [0.2, 0.25) is 0 Å². The van der Waals surface area contributed by atoms with Gasteiger partial charge in [0.1, 0.15) is 0 Å². The molecule has 0 unspecified atom stereocenters. The molecule has 0 saturated carbocycles. The summed E-state index contributed by atoms with van der Waals surface area (Å²) in [5.41, 5.74) is 0. The smallest absolute Gasteiger partial charge is 0.304 e. The maximum Gasteiger partial charge on any atom is 0.304 e. The van der Waals surface area contributed by atoms with Crippen molar-refractivity contribution in [3.05, 3.63) is 0 Å². The minimum atomic E-state index is -0.787. The number of rotatable bonds is 7. The molecule has 0 aliphatic rings. The first-order valence-corrected chi connectivity index (χ1v) is 7.82. The number of hydrogen-bond acceptors (Lipinski definition) is 8. The molecular weight excluding hydrogens is 356 g/mol. The second-order valence-corrected chi connectivity index (χ2v) is 4.39. The number of aliphatic hydroxyl groups is 2. The van der Waals surface area contributed by atoms with E-state index in [2.05, 4.69) is 37.9 Å². The molecule has 0 heterocycles. The quantitative estimate of drug-likeness (QED) is 0.290. The van der Waals surface area contributed by atoms with Crippen molar-refractivity contribution in [1.82, 2.24) is 0 Å². The fourth-order valence-electron chi connectivity index (χ4n) is 0.287. The number of hydrogen-bond donors (Lipinski definition) is 8. The van der Waals surface area contributed by atoms with Crippen LogP contribution in [0.25, 0.3) is 0 Å². The van der Waals surface area contributed by atoms with E-state index in [0.29, 0.717) is 17.3 Å². The SMILES string of the molecule is O=C(O)CCS.O=C(O)CCS.O=C(O)CCS.OCCO. The maximum atomic E-state index is 9.55. The van der Waals surface area contributed by atoms with E-state index < -0.39 is 17.9 Å². The molecule has 0 radical (unpaired) electrons. The predicted octanol–water partition coefficient (Wildman–Crippen LogP) is 0.144. The molecule has 8 nitrogen and oxygen atoms in total. The van der Waals surface area contributed by atoms with E-state index in [1.807, 2.05) is 0 Å². The molecule has 0 aliphatic heterocycles. The molecule has 0 saturated heterocycles. The summed E-state index contributed by atoms with van der Waals surface area (Å²) in [5.74, 6) is -1.08. The van der Waals surface area contributed by atoms with Gasteiger partial charge in [0.05, 0.1) is 32.5 Å². The van der Waals surface area contributed by atoms with E-state index in [1.165, 1.54) is 0 Å².